The molecule has 6 heteroatoms. The SMILES string of the molecule is O=C(OCc1ccccc1)c1cc(Br)cc(C(=O)OCc2ccccc2)n1. The molecular weight excluding hydrogens is 410 g/mol. The Kier molecular flexibility index (Phi) is 6.33. The van der Waals surface area contributed by atoms with Crippen LogP contribution in [-0.4, -0.2) is 16.9 Å². The molecule has 0 unspecified atom stereocenters. The lowest BCUT2D eigenvalue weighted by molar-refractivity contribution is 0.0456. The highest BCUT2D eigenvalue weighted by atomic mass is 79.9. The molecule has 0 spiro atoms. The Balaban J connectivity index is 1.66. The van der Waals surface area contributed by atoms with E-state index in [1.54, 1.807) is 0 Å². The van der Waals surface area contributed by atoms with Crippen molar-refractivity contribution in [2.45, 2.75) is 13.2 Å². The lowest BCUT2D eigenvalue weighted by Crippen LogP contribution is -2.13. The van der Waals surface area contributed by atoms with Gasteiger partial charge < -0.3 is 9.47 Å². The van der Waals surface area contributed by atoms with Crippen LogP contribution in [0.3, 0.4) is 0 Å². The van der Waals surface area contributed by atoms with E-state index in [4.69, 9.17) is 9.47 Å². The Hall–Kier alpha value is -2.99. The second kappa shape index (κ2) is 9.09. The topological polar surface area (TPSA) is 65.5 Å². The van der Waals surface area contributed by atoms with Crippen molar-refractivity contribution in [3.8, 4) is 0 Å². The third-order valence-electron chi connectivity index (χ3n) is 3.63. The summed E-state index contributed by atoms with van der Waals surface area (Å²) in [5, 5.41) is 0. The van der Waals surface area contributed by atoms with Crippen LogP contribution in [0.2, 0.25) is 0 Å². The summed E-state index contributed by atoms with van der Waals surface area (Å²) in [6.45, 7) is 0.253. The van der Waals surface area contributed by atoms with Crippen LogP contribution in [0.4, 0.5) is 0 Å². The number of aromatic nitrogens is 1. The molecule has 0 aliphatic heterocycles. The molecule has 0 aliphatic rings. The van der Waals surface area contributed by atoms with E-state index in [0.29, 0.717) is 4.47 Å². The molecule has 27 heavy (non-hydrogen) atoms. The Bertz CT molecular complexity index is 856. The van der Waals surface area contributed by atoms with Gasteiger partial charge >= 0.3 is 11.9 Å². The van der Waals surface area contributed by atoms with Crippen molar-refractivity contribution in [2.24, 2.45) is 0 Å². The summed E-state index contributed by atoms with van der Waals surface area (Å²) in [7, 11) is 0. The lowest BCUT2D eigenvalue weighted by atomic mass is 10.2. The Morgan fingerprint density at radius 3 is 1.56 bits per heavy atom. The van der Waals surface area contributed by atoms with Gasteiger partial charge in [-0.3, -0.25) is 0 Å². The first-order chi connectivity index (χ1) is 13.1. The molecule has 0 fully saturated rings. The maximum atomic E-state index is 12.3. The van der Waals surface area contributed by atoms with Crippen LogP contribution >= 0.6 is 15.9 Å². The molecule has 0 radical (unpaired) electrons. The van der Waals surface area contributed by atoms with E-state index in [-0.39, 0.29) is 24.6 Å². The quantitative estimate of drug-likeness (QED) is 0.541. The predicted octanol–water partition coefficient (Wildman–Crippen LogP) is 4.56. The van der Waals surface area contributed by atoms with E-state index in [1.807, 2.05) is 60.7 Å². The molecule has 0 N–H and O–H groups in total. The minimum Gasteiger partial charge on any atom is -0.456 e. The molecule has 3 aromatic rings. The number of halogens is 1. The zero-order chi connectivity index (χ0) is 19.1. The summed E-state index contributed by atoms with van der Waals surface area (Å²) >= 11 is 3.29. The summed E-state index contributed by atoms with van der Waals surface area (Å²) in [6.07, 6.45) is 0. The highest BCUT2D eigenvalue weighted by Gasteiger charge is 2.16. The molecule has 1 aromatic heterocycles. The number of rotatable bonds is 6. The number of ether oxygens (including phenoxy) is 2. The second-order valence-electron chi connectivity index (χ2n) is 5.68. The molecule has 1 heterocycles. The molecule has 5 nitrogen and oxygen atoms in total. The van der Waals surface area contributed by atoms with Crippen LogP contribution in [0.15, 0.2) is 77.3 Å². The van der Waals surface area contributed by atoms with Gasteiger partial charge in [-0.15, -0.1) is 0 Å². The van der Waals surface area contributed by atoms with Gasteiger partial charge in [-0.05, 0) is 23.3 Å². The van der Waals surface area contributed by atoms with E-state index in [0.717, 1.165) is 11.1 Å². The zero-order valence-electron chi connectivity index (χ0n) is 14.3. The number of esters is 2. The molecule has 0 saturated heterocycles. The van der Waals surface area contributed by atoms with E-state index in [2.05, 4.69) is 20.9 Å². The number of carbonyl (C=O) groups is 2. The van der Waals surface area contributed by atoms with Gasteiger partial charge in [0.1, 0.15) is 13.2 Å². The van der Waals surface area contributed by atoms with Crippen molar-refractivity contribution in [2.75, 3.05) is 0 Å². The maximum Gasteiger partial charge on any atom is 0.357 e. The average molecular weight is 426 g/mol. The summed E-state index contributed by atoms with van der Waals surface area (Å²) in [4.78, 5) is 28.6. The highest BCUT2D eigenvalue weighted by molar-refractivity contribution is 9.10. The van der Waals surface area contributed by atoms with Crippen molar-refractivity contribution in [1.82, 2.24) is 4.98 Å². The van der Waals surface area contributed by atoms with Gasteiger partial charge in [-0.2, -0.15) is 0 Å². The van der Waals surface area contributed by atoms with Crippen LogP contribution in [-0.2, 0) is 22.7 Å². The zero-order valence-corrected chi connectivity index (χ0v) is 15.9. The molecule has 136 valence electrons. The first-order valence-electron chi connectivity index (χ1n) is 8.21. The minimum atomic E-state index is -0.614. The third kappa shape index (κ3) is 5.49. The number of hydrogen-bond acceptors (Lipinski definition) is 5. The van der Waals surface area contributed by atoms with Gasteiger partial charge in [0.2, 0.25) is 0 Å². The second-order valence-corrected chi connectivity index (χ2v) is 6.59. The molecule has 0 amide bonds. The highest BCUT2D eigenvalue weighted by Crippen LogP contribution is 2.16. The fourth-order valence-corrected chi connectivity index (χ4v) is 2.73. The fourth-order valence-electron chi connectivity index (χ4n) is 2.30. The molecule has 0 saturated carbocycles. The van der Waals surface area contributed by atoms with E-state index >= 15 is 0 Å². The van der Waals surface area contributed by atoms with Crippen LogP contribution in [0, 0.1) is 0 Å². The van der Waals surface area contributed by atoms with Crippen LogP contribution in [0.1, 0.15) is 32.1 Å². The summed E-state index contributed by atoms with van der Waals surface area (Å²) in [5.41, 5.74) is 1.80. The Morgan fingerprint density at radius 1 is 0.741 bits per heavy atom. The van der Waals surface area contributed by atoms with Gasteiger partial charge in [0.05, 0.1) is 0 Å². The van der Waals surface area contributed by atoms with Crippen LogP contribution in [0.5, 0.6) is 0 Å². The summed E-state index contributed by atoms with van der Waals surface area (Å²) in [6, 6.07) is 21.6. The molecule has 2 aromatic carbocycles. The summed E-state index contributed by atoms with van der Waals surface area (Å²) in [5.74, 6) is -1.23. The standard InChI is InChI=1S/C21H16BrNO4/c22-17-11-18(20(24)26-13-15-7-3-1-4-8-15)23-19(12-17)21(25)27-14-16-9-5-2-6-10-16/h1-12H,13-14H2. The average Bonchev–Trinajstić information content (AvgIpc) is 2.71. The fraction of sp³-hybridized carbons (Fsp3) is 0.0952. The van der Waals surface area contributed by atoms with Crippen molar-refractivity contribution >= 4 is 27.9 Å². The Morgan fingerprint density at radius 2 is 1.15 bits per heavy atom. The predicted molar refractivity (Wildman–Crippen MR) is 103 cm³/mol. The monoisotopic (exact) mass is 425 g/mol. The molecule has 3 rings (SSSR count). The van der Waals surface area contributed by atoms with Crippen LogP contribution < -0.4 is 0 Å². The number of nitrogens with zero attached hydrogens (tertiary/aromatic N) is 1. The van der Waals surface area contributed by atoms with Gasteiger partial charge in [-0.1, -0.05) is 76.6 Å². The van der Waals surface area contributed by atoms with Crippen molar-refractivity contribution < 1.29 is 19.1 Å². The smallest absolute Gasteiger partial charge is 0.357 e. The van der Waals surface area contributed by atoms with Crippen molar-refractivity contribution in [1.29, 1.82) is 0 Å². The molecule has 0 aliphatic carbocycles. The Labute approximate surface area is 165 Å². The number of carbonyl (C=O) groups excluding carboxylic acids is 2. The third-order valence-corrected chi connectivity index (χ3v) is 4.09. The van der Waals surface area contributed by atoms with Gasteiger partial charge in [0.25, 0.3) is 0 Å². The largest absolute Gasteiger partial charge is 0.456 e. The normalized spacial score (nSPS) is 10.3. The van der Waals surface area contributed by atoms with Crippen molar-refractivity contribution in [3.63, 3.8) is 0 Å². The molecule has 0 atom stereocenters. The van der Waals surface area contributed by atoms with E-state index in [9.17, 15) is 9.59 Å². The molecule has 0 bridgehead atoms. The van der Waals surface area contributed by atoms with E-state index in [1.165, 1.54) is 12.1 Å². The minimum absolute atomic E-state index is 0.0342. The number of pyridine rings is 1. The van der Waals surface area contributed by atoms with Gasteiger partial charge in [0, 0.05) is 4.47 Å². The molecular formula is C21H16BrNO4. The maximum absolute atomic E-state index is 12.3. The van der Waals surface area contributed by atoms with Gasteiger partial charge in [-0.25, -0.2) is 14.6 Å². The van der Waals surface area contributed by atoms with Crippen LogP contribution in [0.25, 0.3) is 0 Å². The number of hydrogen-bond donors (Lipinski definition) is 0. The lowest BCUT2D eigenvalue weighted by Gasteiger charge is -2.08. The first kappa shape index (κ1) is 18.8. The number of benzene rings is 2. The van der Waals surface area contributed by atoms with E-state index < -0.39 is 11.9 Å². The first-order valence-corrected chi connectivity index (χ1v) is 9.01. The summed E-state index contributed by atoms with van der Waals surface area (Å²) < 4.78 is 11.1. The van der Waals surface area contributed by atoms with Crippen molar-refractivity contribution in [3.05, 3.63) is 99.8 Å². The van der Waals surface area contributed by atoms with Gasteiger partial charge in [0.15, 0.2) is 11.4 Å².